The van der Waals surface area contributed by atoms with E-state index in [0.717, 1.165) is 18.2 Å². The first-order valence-electron chi connectivity index (χ1n) is 5.88. The molecule has 1 aromatic carbocycles. The van der Waals surface area contributed by atoms with E-state index >= 15 is 0 Å². The maximum atomic E-state index is 13.8. The van der Waals surface area contributed by atoms with Gasteiger partial charge in [-0.15, -0.1) is 21.2 Å². The van der Waals surface area contributed by atoms with Gasteiger partial charge in [0.15, 0.2) is 11.5 Å². The quantitative estimate of drug-likeness (QED) is 0.671. The Hall–Kier alpha value is -1.74. The van der Waals surface area contributed by atoms with Gasteiger partial charge in [-0.2, -0.15) is 8.78 Å². The van der Waals surface area contributed by atoms with Gasteiger partial charge in [-0.1, -0.05) is 6.07 Å². The van der Waals surface area contributed by atoms with Crippen LogP contribution in [0.25, 0.3) is 0 Å². The normalized spacial score (nSPS) is 16.6. The highest BCUT2D eigenvalue weighted by atomic mass is 35.5. The summed E-state index contributed by atoms with van der Waals surface area (Å²) in [5, 5.41) is 0. The number of ether oxygens (including phenoxy) is 3. The molecule has 0 aliphatic carbocycles. The van der Waals surface area contributed by atoms with Crippen LogP contribution in [0, 0.1) is 0 Å². The summed E-state index contributed by atoms with van der Waals surface area (Å²) in [6.07, 6.45) is -3.87. The van der Waals surface area contributed by atoms with Crippen LogP contribution in [-0.2, 0) is 9.53 Å². The third-order valence-electron chi connectivity index (χ3n) is 2.72. The highest BCUT2D eigenvalue weighted by Gasteiger charge is 2.49. The van der Waals surface area contributed by atoms with E-state index in [0.29, 0.717) is 0 Å². The SMILES string of the molecule is CCOC(=O)C(F)(F)[C@@H](N)c1ccc2c(c1)OC(F)(F)O2.Cl. The van der Waals surface area contributed by atoms with Crippen molar-refractivity contribution in [3.8, 4) is 11.5 Å². The zero-order valence-electron chi connectivity index (χ0n) is 11.1. The Labute approximate surface area is 128 Å². The predicted molar refractivity (Wildman–Crippen MR) is 68.4 cm³/mol. The Morgan fingerprint density at radius 1 is 1.36 bits per heavy atom. The number of carbonyl (C=O) groups is 1. The Kier molecular flexibility index (Phi) is 5.14. The summed E-state index contributed by atoms with van der Waals surface area (Å²) < 4.78 is 65.7. The fourth-order valence-electron chi connectivity index (χ4n) is 1.72. The molecule has 2 N–H and O–H groups in total. The Balaban J connectivity index is 0.00000242. The molecule has 0 bridgehead atoms. The van der Waals surface area contributed by atoms with E-state index < -0.39 is 30.0 Å². The van der Waals surface area contributed by atoms with Gasteiger partial charge >= 0.3 is 18.2 Å². The molecule has 0 unspecified atom stereocenters. The van der Waals surface area contributed by atoms with Gasteiger partial charge in [0.05, 0.1) is 6.61 Å². The summed E-state index contributed by atoms with van der Waals surface area (Å²) in [6.45, 7) is 1.12. The second kappa shape index (κ2) is 6.17. The van der Waals surface area contributed by atoms with Crippen LogP contribution in [0.1, 0.15) is 18.5 Å². The summed E-state index contributed by atoms with van der Waals surface area (Å²) in [6, 6.07) is 0.849. The van der Waals surface area contributed by atoms with Gasteiger partial charge in [0.1, 0.15) is 6.04 Å². The molecule has 2 rings (SSSR count). The predicted octanol–water partition coefficient (Wildman–Crippen LogP) is 2.63. The lowest BCUT2D eigenvalue weighted by Gasteiger charge is -2.21. The van der Waals surface area contributed by atoms with Crippen LogP contribution in [0.3, 0.4) is 0 Å². The van der Waals surface area contributed by atoms with Gasteiger partial charge in [-0.25, -0.2) is 4.79 Å². The number of benzene rings is 1. The van der Waals surface area contributed by atoms with Gasteiger partial charge in [-0.05, 0) is 24.6 Å². The number of alkyl halides is 4. The highest BCUT2D eigenvalue weighted by Crippen LogP contribution is 2.43. The lowest BCUT2D eigenvalue weighted by atomic mass is 10.0. The van der Waals surface area contributed by atoms with Crippen LogP contribution >= 0.6 is 12.4 Å². The summed E-state index contributed by atoms with van der Waals surface area (Å²) >= 11 is 0. The minimum absolute atomic E-state index is 0. The molecule has 1 aliphatic rings. The summed E-state index contributed by atoms with van der Waals surface area (Å²) in [7, 11) is 0. The van der Waals surface area contributed by atoms with Crippen LogP contribution in [0.5, 0.6) is 11.5 Å². The van der Waals surface area contributed by atoms with Crippen molar-refractivity contribution in [2.24, 2.45) is 5.73 Å². The molecule has 0 aromatic heterocycles. The van der Waals surface area contributed by atoms with Gasteiger partial charge in [0, 0.05) is 0 Å². The second-order valence-corrected chi connectivity index (χ2v) is 4.19. The largest absolute Gasteiger partial charge is 0.586 e. The third kappa shape index (κ3) is 3.36. The summed E-state index contributed by atoms with van der Waals surface area (Å²) in [4.78, 5) is 11.2. The second-order valence-electron chi connectivity index (χ2n) is 4.19. The average Bonchev–Trinajstić information content (AvgIpc) is 2.70. The first kappa shape index (κ1) is 18.3. The minimum atomic E-state index is -4.01. The van der Waals surface area contributed by atoms with E-state index in [1.165, 1.54) is 6.92 Å². The lowest BCUT2D eigenvalue weighted by molar-refractivity contribution is -0.286. The number of carbonyl (C=O) groups excluding carboxylic acids is 1. The zero-order valence-corrected chi connectivity index (χ0v) is 12.0. The molecule has 0 spiro atoms. The molecule has 1 aromatic rings. The van der Waals surface area contributed by atoms with Crippen molar-refractivity contribution in [1.29, 1.82) is 0 Å². The van der Waals surface area contributed by atoms with Gasteiger partial charge in [0.2, 0.25) is 0 Å². The smallest absolute Gasteiger partial charge is 0.462 e. The third-order valence-corrected chi connectivity index (χ3v) is 2.72. The highest BCUT2D eigenvalue weighted by molar-refractivity contribution is 5.85. The van der Waals surface area contributed by atoms with Gasteiger partial charge in [0.25, 0.3) is 0 Å². The standard InChI is InChI=1S/C12H11F4NO4.ClH/c1-2-19-10(18)11(13,14)9(17)6-3-4-7-8(5-6)21-12(15,16)20-7;/h3-5,9H,2,17H2,1H3;1H/t9-;/m0./s1. The van der Waals surface area contributed by atoms with Crippen molar-refractivity contribution >= 4 is 18.4 Å². The van der Waals surface area contributed by atoms with Crippen LogP contribution < -0.4 is 15.2 Å². The monoisotopic (exact) mass is 345 g/mol. The molecular formula is C12H12ClF4NO4. The molecule has 0 amide bonds. The Morgan fingerprint density at radius 3 is 2.55 bits per heavy atom. The van der Waals surface area contributed by atoms with Gasteiger partial charge in [-0.3, -0.25) is 0 Å². The Morgan fingerprint density at radius 2 is 1.95 bits per heavy atom. The van der Waals surface area contributed by atoms with Crippen molar-refractivity contribution in [3.63, 3.8) is 0 Å². The van der Waals surface area contributed by atoms with Crippen molar-refractivity contribution in [3.05, 3.63) is 23.8 Å². The molecule has 0 fully saturated rings. The van der Waals surface area contributed by atoms with Crippen LogP contribution in [0.4, 0.5) is 17.6 Å². The molecule has 22 heavy (non-hydrogen) atoms. The average molecular weight is 346 g/mol. The number of nitrogens with two attached hydrogens (primary N) is 1. The van der Waals surface area contributed by atoms with Crippen LogP contribution in [-0.4, -0.2) is 24.8 Å². The number of esters is 1. The topological polar surface area (TPSA) is 70.8 Å². The molecule has 0 saturated carbocycles. The first-order chi connectivity index (χ1) is 9.67. The number of hydrogen-bond acceptors (Lipinski definition) is 5. The number of rotatable bonds is 4. The number of fused-ring (bicyclic) bond motifs is 1. The first-order valence-corrected chi connectivity index (χ1v) is 5.88. The molecule has 1 aliphatic heterocycles. The summed E-state index contributed by atoms with van der Waals surface area (Å²) in [5.41, 5.74) is 5.06. The molecule has 0 radical (unpaired) electrons. The molecule has 1 atom stereocenters. The number of hydrogen-bond donors (Lipinski definition) is 1. The van der Waals surface area contributed by atoms with Crippen molar-refractivity contribution in [2.45, 2.75) is 25.2 Å². The van der Waals surface area contributed by atoms with E-state index in [9.17, 15) is 22.4 Å². The Bertz CT molecular complexity index is 570. The maximum absolute atomic E-state index is 13.8. The maximum Gasteiger partial charge on any atom is 0.586 e. The molecule has 5 nitrogen and oxygen atoms in total. The lowest BCUT2D eigenvalue weighted by Crippen LogP contribution is -2.41. The number of halogens is 5. The van der Waals surface area contributed by atoms with E-state index in [1.54, 1.807) is 0 Å². The molecule has 1 heterocycles. The fourth-order valence-corrected chi connectivity index (χ4v) is 1.72. The van der Waals surface area contributed by atoms with E-state index in [-0.39, 0.29) is 30.3 Å². The van der Waals surface area contributed by atoms with Crippen molar-refractivity contribution in [2.75, 3.05) is 6.61 Å². The van der Waals surface area contributed by atoms with E-state index in [2.05, 4.69) is 14.2 Å². The molecule has 10 heteroatoms. The fraction of sp³-hybridized carbons (Fsp3) is 0.417. The summed E-state index contributed by atoms with van der Waals surface area (Å²) in [5.74, 6) is -6.55. The minimum Gasteiger partial charge on any atom is -0.462 e. The van der Waals surface area contributed by atoms with Gasteiger partial charge < -0.3 is 19.9 Å². The van der Waals surface area contributed by atoms with E-state index in [1.807, 2.05) is 0 Å². The van der Waals surface area contributed by atoms with Crippen LogP contribution in [0.15, 0.2) is 18.2 Å². The molecular weight excluding hydrogens is 334 g/mol. The van der Waals surface area contributed by atoms with Crippen molar-refractivity contribution < 1.29 is 36.6 Å². The van der Waals surface area contributed by atoms with Crippen molar-refractivity contribution in [1.82, 2.24) is 0 Å². The molecule has 0 saturated heterocycles. The zero-order chi connectivity index (χ0) is 15.8. The van der Waals surface area contributed by atoms with Crippen LogP contribution in [0.2, 0.25) is 0 Å². The van der Waals surface area contributed by atoms with E-state index in [4.69, 9.17) is 5.73 Å². The molecule has 124 valence electrons.